The summed E-state index contributed by atoms with van der Waals surface area (Å²) >= 11 is 0. The lowest BCUT2D eigenvalue weighted by Crippen LogP contribution is -2.09. The molecule has 0 saturated carbocycles. The van der Waals surface area contributed by atoms with Crippen LogP contribution in [0.1, 0.15) is 33.9 Å². The molecule has 0 aliphatic carbocycles. The van der Waals surface area contributed by atoms with Crippen LogP contribution in [0.25, 0.3) is 0 Å². The summed E-state index contributed by atoms with van der Waals surface area (Å²) in [6.07, 6.45) is 6.94. The van der Waals surface area contributed by atoms with Crippen molar-refractivity contribution in [2.24, 2.45) is 0 Å². The minimum atomic E-state index is -0.266. The number of aryl methyl sites for hydroxylation is 1. The topological polar surface area (TPSA) is 41.6 Å². The molecule has 1 aromatic carbocycles. The van der Waals surface area contributed by atoms with Crippen molar-refractivity contribution in [1.82, 2.24) is 15.0 Å². The Morgan fingerprint density at radius 1 is 1.14 bits per heavy atom. The van der Waals surface area contributed by atoms with Gasteiger partial charge in [0.05, 0.1) is 12.5 Å². The highest BCUT2D eigenvalue weighted by atomic mass is 19.1. The zero-order valence-electron chi connectivity index (χ0n) is 12.7. The van der Waals surface area contributed by atoms with Crippen molar-refractivity contribution in [2.45, 2.75) is 26.2 Å². The summed E-state index contributed by atoms with van der Waals surface area (Å²) in [7, 11) is 0. The molecule has 2 heterocycles. The van der Waals surface area contributed by atoms with Gasteiger partial charge in [-0.05, 0) is 48.6 Å². The van der Waals surface area contributed by atoms with Gasteiger partial charge in [-0.15, -0.1) is 0 Å². The second kappa shape index (κ2) is 6.10. The first-order valence-corrected chi connectivity index (χ1v) is 7.29. The number of halogens is 1. The molecule has 3 nitrogen and oxygen atoms in total. The number of benzene rings is 1. The predicted molar refractivity (Wildman–Crippen MR) is 84.2 cm³/mol. The average molecular weight is 295 g/mol. The number of H-pyrrole nitrogens is 1. The zero-order valence-corrected chi connectivity index (χ0v) is 12.7. The fraction of sp³-hybridized carbons (Fsp3) is 0.222. The first kappa shape index (κ1) is 14.4. The molecule has 3 rings (SSSR count). The number of nitrogens with zero attached hydrogens (tertiary/aromatic N) is 2. The van der Waals surface area contributed by atoms with Gasteiger partial charge in [-0.2, -0.15) is 0 Å². The van der Waals surface area contributed by atoms with E-state index in [0.717, 1.165) is 5.69 Å². The van der Waals surface area contributed by atoms with E-state index in [0.29, 0.717) is 12.0 Å². The third kappa shape index (κ3) is 2.77. The third-order valence-electron chi connectivity index (χ3n) is 4.20. The van der Waals surface area contributed by atoms with Gasteiger partial charge in [0, 0.05) is 24.0 Å². The molecule has 0 aliphatic rings. The van der Waals surface area contributed by atoms with Crippen molar-refractivity contribution >= 4 is 0 Å². The molecule has 0 spiro atoms. The Labute approximate surface area is 129 Å². The van der Waals surface area contributed by atoms with E-state index in [4.69, 9.17) is 0 Å². The molecular weight excluding hydrogens is 277 g/mol. The molecule has 1 unspecified atom stereocenters. The van der Waals surface area contributed by atoms with Gasteiger partial charge >= 0.3 is 0 Å². The Hall–Kier alpha value is -2.49. The fourth-order valence-corrected chi connectivity index (χ4v) is 2.79. The molecule has 0 aliphatic heterocycles. The highest BCUT2D eigenvalue weighted by Crippen LogP contribution is 2.31. The van der Waals surface area contributed by atoms with Crippen LogP contribution in [-0.2, 0) is 6.42 Å². The molecule has 1 N–H and O–H groups in total. The number of pyridine rings is 1. The van der Waals surface area contributed by atoms with Gasteiger partial charge in [-0.3, -0.25) is 4.98 Å². The highest BCUT2D eigenvalue weighted by Gasteiger charge is 2.20. The normalized spacial score (nSPS) is 12.3. The van der Waals surface area contributed by atoms with E-state index >= 15 is 0 Å². The van der Waals surface area contributed by atoms with Gasteiger partial charge in [-0.1, -0.05) is 18.2 Å². The van der Waals surface area contributed by atoms with E-state index in [-0.39, 0.29) is 11.7 Å². The van der Waals surface area contributed by atoms with E-state index in [1.807, 2.05) is 12.3 Å². The van der Waals surface area contributed by atoms with E-state index < -0.39 is 0 Å². The lowest BCUT2D eigenvalue weighted by Gasteiger charge is -2.20. The monoisotopic (exact) mass is 295 g/mol. The number of hydrogen-bond acceptors (Lipinski definition) is 2. The first-order valence-electron chi connectivity index (χ1n) is 7.29. The summed E-state index contributed by atoms with van der Waals surface area (Å²) in [5, 5.41) is 0. The maximum Gasteiger partial charge on any atom is 0.144 e. The molecule has 0 bridgehead atoms. The van der Waals surface area contributed by atoms with Crippen molar-refractivity contribution in [3.8, 4) is 0 Å². The van der Waals surface area contributed by atoms with Gasteiger partial charge in [0.2, 0.25) is 0 Å². The largest absolute Gasteiger partial charge is 0.348 e. The summed E-state index contributed by atoms with van der Waals surface area (Å²) in [6, 6.07) is 7.98. The summed E-state index contributed by atoms with van der Waals surface area (Å²) in [5.41, 5.74) is 5.31. The Morgan fingerprint density at radius 3 is 2.73 bits per heavy atom. The van der Waals surface area contributed by atoms with E-state index in [1.165, 1.54) is 22.9 Å². The Balaban J connectivity index is 2.05. The molecule has 1 atom stereocenters. The lowest BCUT2D eigenvalue weighted by molar-refractivity contribution is 0.594. The second-order valence-electron chi connectivity index (χ2n) is 5.52. The van der Waals surface area contributed by atoms with Crippen LogP contribution in [0.3, 0.4) is 0 Å². The summed E-state index contributed by atoms with van der Waals surface area (Å²) in [6.45, 7) is 4.20. The molecule has 3 aromatic rings. The van der Waals surface area contributed by atoms with Crippen LogP contribution < -0.4 is 0 Å². The molecular formula is C18H18FN3. The minimum Gasteiger partial charge on any atom is -0.348 e. The predicted octanol–water partition coefficient (Wildman–Crippen LogP) is 3.94. The van der Waals surface area contributed by atoms with Crippen molar-refractivity contribution < 1.29 is 4.39 Å². The Morgan fingerprint density at radius 2 is 2.00 bits per heavy atom. The molecule has 2 aromatic heterocycles. The lowest BCUT2D eigenvalue weighted by atomic mass is 9.86. The van der Waals surface area contributed by atoms with Gasteiger partial charge in [0.15, 0.2) is 0 Å². The van der Waals surface area contributed by atoms with Crippen LogP contribution in [0.4, 0.5) is 4.39 Å². The Kier molecular flexibility index (Phi) is 4.00. The standard InChI is InChI=1S/C18H18FN3/c1-12-4-3-5-15(13(12)2)16(18-10-21-11-22-18)8-14-6-7-20-9-17(14)19/h3-7,9-11,16H,8H2,1-2H3,(H,21,22). The average Bonchev–Trinajstić information content (AvgIpc) is 3.04. The van der Waals surface area contributed by atoms with Crippen molar-refractivity contribution in [1.29, 1.82) is 0 Å². The number of rotatable bonds is 4. The maximum atomic E-state index is 14.0. The van der Waals surface area contributed by atoms with Gasteiger partial charge in [0.1, 0.15) is 5.82 Å². The van der Waals surface area contributed by atoms with Gasteiger partial charge < -0.3 is 4.98 Å². The van der Waals surface area contributed by atoms with Crippen LogP contribution >= 0.6 is 0 Å². The SMILES string of the molecule is Cc1cccc(C(Cc2ccncc2F)c2cnc[nH]2)c1C. The smallest absolute Gasteiger partial charge is 0.144 e. The third-order valence-corrected chi connectivity index (χ3v) is 4.20. The fourth-order valence-electron chi connectivity index (χ4n) is 2.79. The maximum absolute atomic E-state index is 14.0. The van der Waals surface area contributed by atoms with E-state index in [1.54, 1.807) is 18.6 Å². The number of imidazole rings is 1. The van der Waals surface area contributed by atoms with Crippen molar-refractivity contribution in [3.63, 3.8) is 0 Å². The van der Waals surface area contributed by atoms with Crippen LogP contribution in [-0.4, -0.2) is 15.0 Å². The first-order chi connectivity index (χ1) is 10.7. The number of aromatic amines is 1. The number of nitrogens with one attached hydrogen (secondary N) is 1. The van der Waals surface area contributed by atoms with Crippen LogP contribution in [0.15, 0.2) is 49.2 Å². The molecule has 0 radical (unpaired) electrons. The van der Waals surface area contributed by atoms with E-state index in [9.17, 15) is 4.39 Å². The van der Waals surface area contributed by atoms with Crippen LogP contribution in [0, 0.1) is 19.7 Å². The number of hydrogen-bond donors (Lipinski definition) is 1. The molecule has 0 saturated heterocycles. The summed E-state index contributed by atoms with van der Waals surface area (Å²) < 4.78 is 14.0. The number of aromatic nitrogens is 3. The molecule has 0 fully saturated rings. The summed E-state index contributed by atoms with van der Waals surface area (Å²) in [5.74, 6) is -0.225. The summed E-state index contributed by atoms with van der Waals surface area (Å²) in [4.78, 5) is 11.1. The quantitative estimate of drug-likeness (QED) is 0.792. The van der Waals surface area contributed by atoms with Crippen LogP contribution in [0.2, 0.25) is 0 Å². The van der Waals surface area contributed by atoms with Crippen molar-refractivity contribution in [2.75, 3.05) is 0 Å². The molecule has 112 valence electrons. The van der Waals surface area contributed by atoms with Crippen molar-refractivity contribution in [3.05, 3.63) is 82.9 Å². The molecule has 0 amide bonds. The molecule has 22 heavy (non-hydrogen) atoms. The highest BCUT2D eigenvalue weighted by molar-refractivity contribution is 5.40. The molecule has 4 heteroatoms. The van der Waals surface area contributed by atoms with Gasteiger partial charge in [0.25, 0.3) is 0 Å². The van der Waals surface area contributed by atoms with Crippen LogP contribution in [0.5, 0.6) is 0 Å². The van der Waals surface area contributed by atoms with Gasteiger partial charge in [-0.25, -0.2) is 9.37 Å². The second-order valence-corrected chi connectivity index (χ2v) is 5.52. The van der Waals surface area contributed by atoms with E-state index in [2.05, 4.69) is 40.9 Å². The minimum absolute atomic E-state index is 0.0410. The Bertz CT molecular complexity index is 766. The zero-order chi connectivity index (χ0) is 15.5.